The zero-order chi connectivity index (χ0) is 21.0. The minimum atomic E-state index is -1.10. The number of ether oxygens (including phenoxy) is 2. The summed E-state index contributed by atoms with van der Waals surface area (Å²) in [4.78, 5) is 30.4. The van der Waals surface area contributed by atoms with Gasteiger partial charge in [0.2, 0.25) is 0 Å². The van der Waals surface area contributed by atoms with Gasteiger partial charge in [-0.2, -0.15) is 0 Å². The molecule has 0 radical (unpaired) electrons. The van der Waals surface area contributed by atoms with E-state index >= 15 is 0 Å². The number of carbonyl (C=O) groups is 1. The molecule has 3 aromatic rings. The van der Waals surface area contributed by atoms with Crippen LogP contribution in [0.25, 0.3) is 22.0 Å². The van der Waals surface area contributed by atoms with E-state index in [0.29, 0.717) is 18.1 Å². The molecule has 0 atom stereocenters. The molecular formula is C21H19ClN2O5. The molecule has 2 N–H and O–H groups in total. The van der Waals surface area contributed by atoms with Crippen LogP contribution in [0.4, 0.5) is 0 Å². The molecule has 0 unspecified atom stereocenters. The van der Waals surface area contributed by atoms with Crippen molar-refractivity contribution in [1.82, 2.24) is 9.97 Å². The SMILES string of the molecule is CCCOc1ccc(/C=C(\Cl)c2nc3cc(C(=O)O)ccc3c(=O)[nH]2)cc1OC. The Bertz CT molecular complexity index is 1150. The van der Waals surface area contributed by atoms with Crippen molar-refractivity contribution < 1.29 is 19.4 Å². The van der Waals surface area contributed by atoms with Crippen LogP contribution in [0, 0.1) is 0 Å². The lowest BCUT2D eigenvalue weighted by atomic mass is 10.1. The number of halogens is 1. The highest BCUT2D eigenvalue weighted by molar-refractivity contribution is 6.50. The standard InChI is InChI=1S/C21H19ClN2O5/c1-3-8-29-17-7-4-12(10-18(17)28-2)9-15(22)19-23-16-11-13(21(26)27)5-6-14(16)20(25)24-19/h4-7,9-11H,3,8H2,1-2H3,(H,26,27)(H,23,24,25)/b15-9-. The van der Waals surface area contributed by atoms with Crippen LogP contribution >= 0.6 is 11.6 Å². The van der Waals surface area contributed by atoms with E-state index in [0.717, 1.165) is 12.0 Å². The summed E-state index contributed by atoms with van der Waals surface area (Å²) < 4.78 is 11.0. The molecular weight excluding hydrogens is 396 g/mol. The lowest BCUT2D eigenvalue weighted by Crippen LogP contribution is -2.11. The second-order valence-electron chi connectivity index (χ2n) is 6.20. The first-order valence-electron chi connectivity index (χ1n) is 8.88. The summed E-state index contributed by atoms with van der Waals surface area (Å²) in [6.07, 6.45) is 2.50. The molecule has 0 aliphatic heterocycles. The minimum absolute atomic E-state index is 0.0362. The van der Waals surface area contributed by atoms with Gasteiger partial charge in [0.1, 0.15) is 0 Å². The Morgan fingerprint density at radius 3 is 2.72 bits per heavy atom. The molecule has 7 nitrogen and oxygen atoms in total. The first-order valence-corrected chi connectivity index (χ1v) is 9.26. The first-order chi connectivity index (χ1) is 13.9. The highest BCUT2D eigenvalue weighted by Crippen LogP contribution is 2.30. The monoisotopic (exact) mass is 414 g/mol. The van der Waals surface area contributed by atoms with Gasteiger partial charge >= 0.3 is 5.97 Å². The van der Waals surface area contributed by atoms with E-state index in [2.05, 4.69) is 9.97 Å². The van der Waals surface area contributed by atoms with Gasteiger partial charge < -0.3 is 19.6 Å². The Morgan fingerprint density at radius 2 is 2.03 bits per heavy atom. The van der Waals surface area contributed by atoms with E-state index in [4.69, 9.17) is 26.2 Å². The maximum atomic E-state index is 12.3. The molecule has 2 aromatic carbocycles. The van der Waals surface area contributed by atoms with Gasteiger partial charge in [-0.1, -0.05) is 24.6 Å². The average molecular weight is 415 g/mol. The van der Waals surface area contributed by atoms with E-state index in [1.165, 1.54) is 18.2 Å². The van der Waals surface area contributed by atoms with Crippen molar-refractivity contribution in [2.24, 2.45) is 0 Å². The molecule has 0 aliphatic carbocycles. The number of aromatic nitrogens is 2. The Balaban J connectivity index is 1.99. The van der Waals surface area contributed by atoms with Gasteiger partial charge in [-0.05, 0) is 48.4 Å². The highest BCUT2D eigenvalue weighted by Gasteiger charge is 2.11. The Kier molecular flexibility index (Phi) is 6.19. The molecule has 1 aromatic heterocycles. The summed E-state index contributed by atoms with van der Waals surface area (Å²) in [6, 6.07) is 9.45. The molecule has 150 valence electrons. The number of hydrogen-bond acceptors (Lipinski definition) is 5. The molecule has 0 fully saturated rings. The molecule has 1 heterocycles. The predicted molar refractivity (Wildman–Crippen MR) is 112 cm³/mol. The van der Waals surface area contributed by atoms with Crippen molar-refractivity contribution in [2.45, 2.75) is 13.3 Å². The van der Waals surface area contributed by atoms with Gasteiger partial charge in [0.25, 0.3) is 5.56 Å². The molecule has 8 heteroatoms. The predicted octanol–water partition coefficient (Wildman–Crippen LogP) is 4.16. The number of aromatic carboxylic acids is 1. The fourth-order valence-electron chi connectivity index (χ4n) is 2.71. The molecule has 3 rings (SSSR count). The highest BCUT2D eigenvalue weighted by atomic mass is 35.5. The summed E-state index contributed by atoms with van der Waals surface area (Å²) in [5.41, 5.74) is 0.595. The lowest BCUT2D eigenvalue weighted by molar-refractivity contribution is 0.0697. The largest absolute Gasteiger partial charge is 0.493 e. The molecule has 0 bridgehead atoms. The van der Waals surface area contributed by atoms with Crippen molar-refractivity contribution in [1.29, 1.82) is 0 Å². The summed E-state index contributed by atoms with van der Waals surface area (Å²) in [7, 11) is 1.55. The molecule has 0 aliphatic rings. The number of hydrogen-bond donors (Lipinski definition) is 2. The molecule has 0 amide bonds. The normalized spacial score (nSPS) is 11.5. The van der Waals surface area contributed by atoms with Crippen LogP contribution < -0.4 is 15.0 Å². The van der Waals surface area contributed by atoms with Gasteiger partial charge in [0, 0.05) is 0 Å². The number of nitrogens with one attached hydrogen (secondary N) is 1. The number of methoxy groups -OCH3 is 1. The molecule has 0 saturated carbocycles. The lowest BCUT2D eigenvalue weighted by Gasteiger charge is -2.10. The van der Waals surface area contributed by atoms with Crippen LogP contribution in [-0.2, 0) is 0 Å². The third kappa shape index (κ3) is 4.57. The van der Waals surface area contributed by atoms with Crippen LogP contribution in [0.15, 0.2) is 41.2 Å². The van der Waals surface area contributed by atoms with E-state index < -0.39 is 11.5 Å². The zero-order valence-corrected chi connectivity index (χ0v) is 16.6. The smallest absolute Gasteiger partial charge is 0.335 e. The molecule has 0 saturated heterocycles. The molecule has 0 spiro atoms. The van der Waals surface area contributed by atoms with E-state index in [1.807, 2.05) is 6.92 Å². The van der Waals surface area contributed by atoms with Crippen LogP contribution in [0.2, 0.25) is 0 Å². The number of nitrogens with zero attached hydrogens (tertiary/aromatic N) is 1. The van der Waals surface area contributed by atoms with Gasteiger partial charge in [0.05, 0.1) is 35.2 Å². The summed E-state index contributed by atoms with van der Waals surface area (Å²) in [5, 5.41) is 9.61. The number of carboxylic acids is 1. The quantitative estimate of drug-likeness (QED) is 0.602. The van der Waals surface area contributed by atoms with Gasteiger partial charge in [-0.3, -0.25) is 4.79 Å². The van der Waals surface area contributed by atoms with E-state index in [1.54, 1.807) is 31.4 Å². The second-order valence-corrected chi connectivity index (χ2v) is 6.61. The van der Waals surface area contributed by atoms with Crippen LogP contribution in [0.1, 0.15) is 35.1 Å². The third-order valence-corrected chi connectivity index (χ3v) is 4.41. The second kappa shape index (κ2) is 8.79. The fraction of sp³-hybridized carbons (Fsp3) is 0.190. The van der Waals surface area contributed by atoms with Crippen LogP contribution in [-0.4, -0.2) is 34.8 Å². The Morgan fingerprint density at radius 1 is 1.24 bits per heavy atom. The number of aromatic amines is 1. The van der Waals surface area contributed by atoms with Crippen molar-refractivity contribution in [3.8, 4) is 11.5 Å². The maximum Gasteiger partial charge on any atom is 0.335 e. The average Bonchev–Trinajstić information content (AvgIpc) is 2.72. The van der Waals surface area contributed by atoms with Crippen molar-refractivity contribution in [3.05, 3.63) is 63.7 Å². The summed E-state index contributed by atoms with van der Waals surface area (Å²) >= 11 is 6.37. The Hall–Kier alpha value is -3.32. The zero-order valence-electron chi connectivity index (χ0n) is 15.9. The Labute approximate surface area is 171 Å². The number of benzene rings is 2. The third-order valence-electron chi connectivity index (χ3n) is 4.12. The topological polar surface area (TPSA) is 102 Å². The summed E-state index contributed by atoms with van der Waals surface area (Å²) in [5.74, 6) is 0.218. The maximum absolute atomic E-state index is 12.3. The fourth-order valence-corrected chi connectivity index (χ4v) is 2.92. The minimum Gasteiger partial charge on any atom is -0.493 e. The number of carboxylic acid groups (broad SMARTS) is 1. The van der Waals surface area contributed by atoms with Crippen molar-refractivity contribution in [3.63, 3.8) is 0 Å². The van der Waals surface area contributed by atoms with Gasteiger partial charge in [0.15, 0.2) is 17.3 Å². The van der Waals surface area contributed by atoms with Crippen molar-refractivity contribution >= 4 is 39.6 Å². The summed E-state index contributed by atoms with van der Waals surface area (Å²) in [6.45, 7) is 2.59. The number of rotatable bonds is 7. The van der Waals surface area contributed by atoms with Crippen LogP contribution in [0.3, 0.4) is 0 Å². The first kappa shape index (κ1) is 20.4. The van der Waals surface area contributed by atoms with Crippen LogP contribution in [0.5, 0.6) is 11.5 Å². The number of fused-ring (bicyclic) bond motifs is 1. The van der Waals surface area contributed by atoms with Gasteiger partial charge in [-0.15, -0.1) is 0 Å². The molecule has 29 heavy (non-hydrogen) atoms. The number of H-pyrrole nitrogens is 1. The van der Waals surface area contributed by atoms with E-state index in [9.17, 15) is 9.59 Å². The van der Waals surface area contributed by atoms with Gasteiger partial charge in [-0.25, -0.2) is 9.78 Å². The van der Waals surface area contributed by atoms with E-state index in [-0.39, 0.29) is 27.3 Å². The van der Waals surface area contributed by atoms with Crippen molar-refractivity contribution in [2.75, 3.05) is 13.7 Å².